The van der Waals surface area contributed by atoms with E-state index in [1.165, 1.54) is 19.4 Å². The molecule has 3 rings (SSSR count). The molecule has 0 saturated heterocycles. The molecule has 2 heterocycles. The summed E-state index contributed by atoms with van der Waals surface area (Å²) < 4.78 is 51.0. The first-order valence-corrected chi connectivity index (χ1v) is 8.80. The molecule has 0 radical (unpaired) electrons. The van der Waals surface area contributed by atoms with Crippen molar-refractivity contribution >= 4 is 10.0 Å². The lowest BCUT2D eigenvalue weighted by atomic mass is 10.2. The number of ether oxygens (including phenoxy) is 1. The molecular weight excluding hydrogens is 347 g/mol. The molecule has 0 saturated carbocycles. The highest BCUT2D eigenvalue weighted by Crippen LogP contribution is 2.24. The number of benzene rings is 1. The van der Waals surface area contributed by atoms with E-state index in [4.69, 9.17) is 9.15 Å². The van der Waals surface area contributed by atoms with E-state index in [2.05, 4.69) is 9.71 Å². The largest absolute Gasteiger partial charge is 0.495 e. The van der Waals surface area contributed by atoms with Crippen molar-refractivity contribution in [3.8, 4) is 17.2 Å². The van der Waals surface area contributed by atoms with Gasteiger partial charge >= 0.3 is 0 Å². The molecule has 0 fully saturated rings. The topological polar surface area (TPSA) is 81.4 Å². The Morgan fingerprint density at radius 2 is 2.08 bits per heavy atom. The van der Waals surface area contributed by atoms with E-state index in [0.717, 1.165) is 12.1 Å². The number of sulfonamides is 1. The maximum Gasteiger partial charge on any atom is 0.244 e. The highest BCUT2D eigenvalue weighted by atomic mass is 32.2. The van der Waals surface area contributed by atoms with E-state index in [0.29, 0.717) is 17.0 Å². The predicted octanol–water partition coefficient (Wildman–Crippen LogP) is 2.97. The third-order valence-corrected chi connectivity index (χ3v) is 4.90. The van der Waals surface area contributed by atoms with Crippen molar-refractivity contribution in [1.29, 1.82) is 0 Å². The molecule has 8 heteroatoms. The fourth-order valence-electron chi connectivity index (χ4n) is 2.26. The molecule has 0 atom stereocenters. The van der Waals surface area contributed by atoms with E-state index in [9.17, 15) is 12.8 Å². The van der Waals surface area contributed by atoms with Crippen molar-refractivity contribution in [2.45, 2.75) is 11.4 Å². The van der Waals surface area contributed by atoms with Crippen molar-refractivity contribution < 1.29 is 22.0 Å². The van der Waals surface area contributed by atoms with Crippen LogP contribution in [0, 0.1) is 5.82 Å². The minimum absolute atomic E-state index is 0.0121. The van der Waals surface area contributed by atoms with Crippen LogP contribution in [0.5, 0.6) is 5.75 Å². The van der Waals surface area contributed by atoms with Gasteiger partial charge in [0, 0.05) is 12.7 Å². The third kappa shape index (κ3) is 3.86. The quantitative estimate of drug-likeness (QED) is 0.729. The van der Waals surface area contributed by atoms with Crippen LogP contribution >= 0.6 is 0 Å². The van der Waals surface area contributed by atoms with Crippen LogP contribution in [0.25, 0.3) is 11.5 Å². The zero-order chi connectivity index (χ0) is 17.9. The lowest BCUT2D eigenvalue weighted by Gasteiger charge is -2.11. The second kappa shape index (κ2) is 7.04. The zero-order valence-electron chi connectivity index (χ0n) is 13.3. The van der Waals surface area contributed by atoms with Gasteiger partial charge in [-0.1, -0.05) is 0 Å². The van der Waals surface area contributed by atoms with Crippen molar-refractivity contribution in [2.75, 3.05) is 7.11 Å². The van der Waals surface area contributed by atoms with Crippen molar-refractivity contribution in [2.24, 2.45) is 0 Å². The Kier molecular flexibility index (Phi) is 4.82. The van der Waals surface area contributed by atoms with Gasteiger partial charge in [-0.3, -0.25) is 4.98 Å². The van der Waals surface area contributed by atoms with Crippen LogP contribution < -0.4 is 9.46 Å². The highest BCUT2D eigenvalue weighted by molar-refractivity contribution is 7.89. The van der Waals surface area contributed by atoms with Crippen LogP contribution in [0.15, 0.2) is 64.2 Å². The van der Waals surface area contributed by atoms with Gasteiger partial charge in [-0.15, -0.1) is 0 Å². The number of hydrogen-bond donors (Lipinski definition) is 1. The highest BCUT2D eigenvalue weighted by Gasteiger charge is 2.20. The molecule has 6 nitrogen and oxygen atoms in total. The molecule has 3 aromatic rings. The smallest absolute Gasteiger partial charge is 0.244 e. The van der Waals surface area contributed by atoms with E-state index in [1.807, 2.05) is 0 Å². The van der Waals surface area contributed by atoms with Gasteiger partial charge in [0.1, 0.15) is 22.2 Å². The number of nitrogens with zero attached hydrogens (tertiary/aromatic N) is 1. The number of aromatic nitrogens is 1. The van der Waals surface area contributed by atoms with Gasteiger partial charge in [-0.25, -0.2) is 17.5 Å². The fraction of sp³-hybridized carbons (Fsp3) is 0.118. The molecule has 2 aromatic heterocycles. The molecule has 1 aromatic carbocycles. The summed E-state index contributed by atoms with van der Waals surface area (Å²) in [5.41, 5.74) is 1.27. The molecular formula is C17H15FN2O4S. The molecule has 25 heavy (non-hydrogen) atoms. The summed E-state index contributed by atoms with van der Waals surface area (Å²) in [6.07, 6.45) is 3.09. The summed E-state index contributed by atoms with van der Waals surface area (Å²) in [7, 11) is -2.63. The second-order valence-corrected chi connectivity index (χ2v) is 6.88. The Morgan fingerprint density at radius 1 is 1.24 bits per heavy atom. The van der Waals surface area contributed by atoms with Crippen LogP contribution in [0.2, 0.25) is 0 Å². The minimum atomic E-state index is -3.95. The Hall–Kier alpha value is -2.71. The summed E-state index contributed by atoms with van der Waals surface area (Å²) in [6.45, 7) is 0.0121. The Morgan fingerprint density at radius 3 is 2.80 bits per heavy atom. The summed E-state index contributed by atoms with van der Waals surface area (Å²) in [5.74, 6) is -0.0124. The van der Waals surface area contributed by atoms with E-state index in [-0.39, 0.29) is 17.2 Å². The van der Waals surface area contributed by atoms with E-state index < -0.39 is 15.8 Å². The second-order valence-electron chi connectivity index (χ2n) is 5.15. The number of pyridine rings is 1. The van der Waals surface area contributed by atoms with E-state index >= 15 is 0 Å². The first-order chi connectivity index (χ1) is 12.0. The van der Waals surface area contributed by atoms with Gasteiger partial charge in [0.05, 0.1) is 13.4 Å². The summed E-state index contributed by atoms with van der Waals surface area (Å²) in [6, 6.07) is 10.2. The number of furan rings is 1. The Labute approximate surface area is 144 Å². The first-order valence-electron chi connectivity index (χ1n) is 7.31. The third-order valence-electron chi connectivity index (χ3n) is 3.48. The molecule has 0 unspecified atom stereocenters. The maximum atomic E-state index is 13.4. The van der Waals surface area contributed by atoms with Gasteiger partial charge in [0.2, 0.25) is 10.0 Å². The summed E-state index contributed by atoms with van der Waals surface area (Å²) >= 11 is 0. The van der Waals surface area contributed by atoms with Crippen LogP contribution in [-0.2, 0) is 16.6 Å². The summed E-state index contributed by atoms with van der Waals surface area (Å²) in [4.78, 5) is 3.93. The van der Waals surface area contributed by atoms with Gasteiger partial charge in [0.25, 0.3) is 0 Å². The number of rotatable bonds is 6. The number of hydrogen-bond acceptors (Lipinski definition) is 5. The standard InChI is InChI=1S/C17H15FN2O4S/c1-23-16-5-4-13(18)10-17(16)25(21,22)20-11-12-6-7-19-14(9-12)15-3-2-8-24-15/h2-10,20H,11H2,1H3. The number of methoxy groups -OCH3 is 1. The monoisotopic (exact) mass is 362 g/mol. The number of nitrogens with one attached hydrogen (secondary N) is 1. The van der Waals surface area contributed by atoms with Crippen LogP contribution in [0.3, 0.4) is 0 Å². The summed E-state index contributed by atoms with van der Waals surface area (Å²) in [5, 5.41) is 0. The molecule has 130 valence electrons. The molecule has 0 amide bonds. The van der Waals surface area contributed by atoms with E-state index in [1.54, 1.807) is 30.5 Å². The van der Waals surface area contributed by atoms with Gasteiger partial charge in [-0.05, 0) is 48.0 Å². The first kappa shape index (κ1) is 17.1. The molecule has 0 aliphatic rings. The average molecular weight is 362 g/mol. The van der Waals surface area contributed by atoms with Crippen molar-refractivity contribution in [3.63, 3.8) is 0 Å². The lowest BCUT2D eigenvalue weighted by molar-refractivity contribution is 0.400. The normalized spacial score (nSPS) is 11.4. The average Bonchev–Trinajstić information content (AvgIpc) is 3.15. The van der Waals surface area contributed by atoms with Gasteiger partial charge < -0.3 is 9.15 Å². The molecule has 0 aliphatic carbocycles. The van der Waals surface area contributed by atoms with Crippen LogP contribution in [0.4, 0.5) is 4.39 Å². The van der Waals surface area contributed by atoms with Gasteiger partial charge in [0.15, 0.2) is 5.76 Å². The SMILES string of the molecule is COc1ccc(F)cc1S(=O)(=O)NCc1ccnc(-c2ccco2)c1. The molecule has 0 aliphatic heterocycles. The van der Waals surface area contributed by atoms with Gasteiger partial charge in [-0.2, -0.15) is 0 Å². The fourth-order valence-corrected chi connectivity index (χ4v) is 3.46. The predicted molar refractivity (Wildman–Crippen MR) is 88.9 cm³/mol. The lowest BCUT2D eigenvalue weighted by Crippen LogP contribution is -2.24. The van der Waals surface area contributed by atoms with Crippen molar-refractivity contribution in [3.05, 3.63) is 66.3 Å². The molecule has 0 spiro atoms. The van der Waals surface area contributed by atoms with Crippen LogP contribution in [0.1, 0.15) is 5.56 Å². The zero-order valence-corrected chi connectivity index (χ0v) is 14.1. The molecule has 0 bridgehead atoms. The maximum absolute atomic E-state index is 13.4. The molecule has 1 N–H and O–H groups in total. The van der Waals surface area contributed by atoms with Crippen LogP contribution in [-0.4, -0.2) is 20.5 Å². The number of halogens is 1. The minimum Gasteiger partial charge on any atom is -0.495 e. The van der Waals surface area contributed by atoms with Crippen molar-refractivity contribution in [1.82, 2.24) is 9.71 Å². The Balaban J connectivity index is 1.81. The Bertz CT molecular complexity index is 972.